The van der Waals surface area contributed by atoms with Crippen LogP contribution in [0.5, 0.6) is 11.5 Å². The highest BCUT2D eigenvalue weighted by atomic mass is 35.5. The van der Waals surface area contributed by atoms with Crippen molar-refractivity contribution in [3.05, 3.63) is 47.0 Å². The zero-order valence-corrected chi connectivity index (χ0v) is 17.3. The highest BCUT2D eigenvalue weighted by molar-refractivity contribution is 6.32. The molecule has 0 bridgehead atoms. The van der Waals surface area contributed by atoms with Gasteiger partial charge in [0.15, 0.2) is 17.6 Å². The number of nitrogens with one attached hydrogen (secondary N) is 1. The van der Waals surface area contributed by atoms with Crippen LogP contribution in [0.2, 0.25) is 5.02 Å². The highest BCUT2D eigenvalue weighted by Gasteiger charge is 2.23. The maximum Gasteiger partial charge on any atom is 0.339 e. The molecule has 0 saturated heterocycles. The summed E-state index contributed by atoms with van der Waals surface area (Å²) in [6.07, 6.45) is -0.275. The number of esters is 1. The predicted octanol–water partition coefficient (Wildman–Crippen LogP) is 3.75. The number of anilines is 2. The first-order valence-electron chi connectivity index (χ1n) is 9.23. The Bertz CT molecular complexity index is 899. The van der Waals surface area contributed by atoms with Gasteiger partial charge in [0.05, 0.1) is 23.8 Å². The van der Waals surface area contributed by atoms with Gasteiger partial charge in [-0.05, 0) is 43.3 Å². The van der Waals surface area contributed by atoms with Crippen LogP contribution in [-0.4, -0.2) is 45.3 Å². The van der Waals surface area contributed by atoms with Crippen LogP contribution < -0.4 is 19.7 Å². The third kappa shape index (κ3) is 5.12. The van der Waals surface area contributed by atoms with E-state index in [0.717, 1.165) is 12.1 Å². The number of halogens is 1. The van der Waals surface area contributed by atoms with Crippen LogP contribution in [0.1, 0.15) is 23.7 Å². The van der Waals surface area contributed by atoms with E-state index in [2.05, 4.69) is 5.32 Å². The van der Waals surface area contributed by atoms with Gasteiger partial charge >= 0.3 is 5.97 Å². The summed E-state index contributed by atoms with van der Waals surface area (Å²) >= 11 is 6.21. The number of carbonyl (C=O) groups is 2. The first-order valence-corrected chi connectivity index (χ1v) is 9.61. The van der Waals surface area contributed by atoms with E-state index in [1.54, 1.807) is 12.1 Å². The molecule has 8 heteroatoms. The normalized spacial score (nSPS) is 13.8. The molecule has 0 aromatic heterocycles. The molecular weight excluding hydrogens is 396 g/mol. The molecule has 1 amide bonds. The molecule has 154 valence electrons. The lowest BCUT2D eigenvalue weighted by molar-refractivity contribution is -0.123. The van der Waals surface area contributed by atoms with E-state index in [0.29, 0.717) is 30.4 Å². The molecule has 1 N–H and O–H groups in total. The molecule has 7 nitrogen and oxygen atoms in total. The van der Waals surface area contributed by atoms with Crippen molar-refractivity contribution in [1.82, 2.24) is 0 Å². The van der Waals surface area contributed by atoms with Crippen molar-refractivity contribution in [3.8, 4) is 11.5 Å². The van der Waals surface area contributed by atoms with Crippen LogP contribution in [0.4, 0.5) is 11.4 Å². The van der Waals surface area contributed by atoms with E-state index >= 15 is 0 Å². The molecular formula is C21H23ClN2O5. The fourth-order valence-electron chi connectivity index (χ4n) is 2.72. The lowest BCUT2D eigenvalue weighted by atomic mass is 10.2. The number of hydrogen-bond acceptors (Lipinski definition) is 6. The zero-order valence-electron chi connectivity index (χ0n) is 16.5. The van der Waals surface area contributed by atoms with Crippen LogP contribution in [-0.2, 0) is 9.53 Å². The van der Waals surface area contributed by atoms with E-state index in [1.807, 2.05) is 31.1 Å². The molecule has 1 atom stereocenters. The fourth-order valence-corrected chi connectivity index (χ4v) is 2.98. The van der Waals surface area contributed by atoms with Gasteiger partial charge in [0.1, 0.15) is 0 Å². The molecule has 0 spiro atoms. The third-order valence-electron chi connectivity index (χ3n) is 4.34. The Balaban J connectivity index is 1.64. The molecule has 1 aliphatic rings. The van der Waals surface area contributed by atoms with Crippen molar-refractivity contribution in [3.63, 3.8) is 0 Å². The first-order chi connectivity index (χ1) is 13.8. The van der Waals surface area contributed by atoms with Crippen LogP contribution in [0.15, 0.2) is 36.4 Å². The molecule has 2 aromatic rings. The second kappa shape index (κ2) is 9.05. The zero-order chi connectivity index (χ0) is 21.0. The molecule has 2 aromatic carbocycles. The van der Waals surface area contributed by atoms with Gasteiger partial charge < -0.3 is 24.4 Å². The number of hydrogen-bond donors (Lipinski definition) is 1. The Hall–Kier alpha value is -2.93. The monoisotopic (exact) mass is 418 g/mol. The molecule has 1 unspecified atom stereocenters. The van der Waals surface area contributed by atoms with Crippen molar-refractivity contribution in [2.24, 2.45) is 0 Å². The highest BCUT2D eigenvalue weighted by Crippen LogP contribution is 2.38. The van der Waals surface area contributed by atoms with E-state index in [4.69, 9.17) is 25.8 Å². The fraction of sp³-hybridized carbons (Fsp3) is 0.333. The Kier molecular flexibility index (Phi) is 6.49. The largest absolute Gasteiger partial charge is 0.489 e. The van der Waals surface area contributed by atoms with Crippen molar-refractivity contribution < 1.29 is 23.8 Å². The number of ether oxygens (including phenoxy) is 3. The van der Waals surface area contributed by atoms with Crippen molar-refractivity contribution in [1.29, 1.82) is 0 Å². The van der Waals surface area contributed by atoms with E-state index < -0.39 is 18.0 Å². The Labute approximate surface area is 174 Å². The second-order valence-electron chi connectivity index (χ2n) is 6.81. The van der Waals surface area contributed by atoms with Gasteiger partial charge in [0, 0.05) is 31.9 Å². The van der Waals surface area contributed by atoms with Crippen molar-refractivity contribution in [2.45, 2.75) is 19.4 Å². The summed E-state index contributed by atoms with van der Waals surface area (Å²) in [6.45, 7) is 2.46. The molecule has 0 radical (unpaired) electrons. The summed E-state index contributed by atoms with van der Waals surface area (Å²) in [4.78, 5) is 26.8. The average molecular weight is 419 g/mol. The quantitative estimate of drug-likeness (QED) is 0.745. The van der Waals surface area contributed by atoms with Crippen molar-refractivity contribution >= 4 is 34.9 Å². The SMILES string of the molecule is CC(OC(=O)c1cc(Cl)c2c(c1)OCCCO2)C(=O)Nc1ccc(N(C)C)cc1. The van der Waals surface area contributed by atoms with Crippen LogP contribution in [0.25, 0.3) is 0 Å². The van der Waals surface area contributed by atoms with Gasteiger partial charge in [0.25, 0.3) is 5.91 Å². The van der Waals surface area contributed by atoms with Gasteiger partial charge in [-0.3, -0.25) is 4.79 Å². The number of benzene rings is 2. The molecule has 3 rings (SSSR count). The maximum absolute atomic E-state index is 12.5. The molecule has 0 aliphatic carbocycles. The summed E-state index contributed by atoms with van der Waals surface area (Å²) in [5.74, 6) is -0.308. The predicted molar refractivity (Wildman–Crippen MR) is 111 cm³/mol. The average Bonchev–Trinajstić information content (AvgIpc) is 2.94. The molecule has 0 fully saturated rings. The summed E-state index contributed by atoms with van der Waals surface area (Å²) in [5.41, 5.74) is 1.81. The first kappa shape index (κ1) is 20.8. The van der Waals surface area contributed by atoms with E-state index in [1.165, 1.54) is 19.1 Å². The van der Waals surface area contributed by atoms with Crippen LogP contribution in [0.3, 0.4) is 0 Å². The maximum atomic E-state index is 12.5. The lowest BCUT2D eigenvalue weighted by Gasteiger charge is -2.16. The van der Waals surface area contributed by atoms with Gasteiger partial charge in [-0.15, -0.1) is 0 Å². The smallest absolute Gasteiger partial charge is 0.339 e. The number of fused-ring (bicyclic) bond motifs is 1. The number of amides is 1. The minimum atomic E-state index is -0.995. The Morgan fingerprint density at radius 2 is 1.83 bits per heavy atom. The number of rotatable bonds is 5. The molecule has 29 heavy (non-hydrogen) atoms. The van der Waals surface area contributed by atoms with Gasteiger partial charge in [-0.25, -0.2) is 4.79 Å². The van der Waals surface area contributed by atoms with E-state index in [9.17, 15) is 9.59 Å². The molecule has 0 saturated carbocycles. The van der Waals surface area contributed by atoms with Gasteiger partial charge in [-0.2, -0.15) is 0 Å². The van der Waals surface area contributed by atoms with Gasteiger partial charge in [0.2, 0.25) is 0 Å². The topological polar surface area (TPSA) is 77.1 Å². The van der Waals surface area contributed by atoms with Crippen LogP contribution in [0, 0.1) is 0 Å². The summed E-state index contributed by atoms with van der Waals surface area (Å²) in [5, 5.41) is 2.99. The lowest BCUT2D eigenvalue weighted by Crippen LogP contribution is -2.30. The molecule has 1 heterocycles. The second-order valence-corrected chi connectivity index (χ2v) is 7.22. The Morgan fingerprint density at radius 3 is 2.52 bits per heavy atom. The minimum Gasteiger partial charge on any atom is -0.489 e. The minimum absolute atomic E-state index is 0.189. The summed E-state index contributed by atoms with van der Waals surface area (Å²) in [6, 6.07) is 10.3. The number of carbonyl (C=O) groups excluding carboxylic acids is 2. The summed E-state index contributed by atoms with van der Waals surface area (Å²) in [7, 11) is 3.86. The number of nitrogens with zero attached hydrogens (tertiary/aromatic N) is 1. The third-order valence-corrected chi connectivity index (χ3v) is 4.62. The standard InChI is InChI=1S/C21H23ClN2O5/c1-13(20(25)23-15-5-7-16(8-6-15)24(2)3)29-21(26)14-11-17(22)19-18(12-14)27-9-4-10-28-19/h5-8,11-13H,4,9-10H2,1-3H3,(H,23,25). The Morgan fingerprint density at radius 1 is 1.14 bits per heavy atom. The van der Waals surface area contributed by atoms with Crippen LogP contribution >= 0.6 is 11.6 Å². The summed E-state index contributed by atoms with van der Waals surface area (Å²) < 4.78 is 16.4. The molecule has 1 aliphatic heterocycles. The van der Waals surface area contributed by atoms with E-state index in [-0.39, 0.29) is 10.6 Å². The van der Waals surface area contributed by atoms with Gasteiger partial charge in [-0.1, -0.05) is 11.6 Å². The van der Waals surface area contributed by atoms with Crippen molar-refractivity contribution in [2.75, 3.05) is 37.5 Å².